The maximum Gasteiger partial charge on any atom is 0.328 e. The summed E-state index contributed by atoms with van der Waals surface area (Å²) in [5.41, 5.74) is 0. The summed E-state index contributed by atoms with van der Waals surface area (Å²) in [5.74, 6) is -0.548. The van der Waals surface area contributed by atoms with Crippen molar-refractivity contribution in [2.24, 2.45) is 0 Å². The fourth-order valence-corrected chi connectivity index (χ4v) is 1.77. The van der Waals surface area contributed by atoms with Gasteiger partial charge in [0.2, 0.25) is 5.91 Å². The lowest BCUT2D eigenvalue weighted by molar-refractivity contribution is -0.150. The number of alkyl halides is 1. The summed E-state index contributed by atoms with van der Waals surface area (Å²) in [7, 11) is 1.33. The number of esters is 1. The van der Waals surface area contributed by atoms with Crippen molar-refractivity contribution >= 4 is 23.5 Å². The highest BCUT2D eigenvalue weighted by atomic mass is 35.5. The lowest BCUT2D eigenvalue weighted by atomic mass is 10.2. The SMILES string of the molecule is COC(=O)[C@@H]1CCCN1C(=O)[C@H](C)Cl. The van der Waals surface area contributed by atoms with E-state index in [1.165, 1.54) is 12.0 Å². The topological polar surface area (TPSA) is 46.6 Å². The third-order valence-electron chi connectivity index (χ3n) is 2.35. The van der Waals surface area contributed by atoms with Crippen LogP contribution in [0.4, 0.5) is 0 Å². The van der Waals surface area contributed by atoms with E-state index in [2.05, 4.69) is 4.74 Å². The molecule has 0 bridgehead atoms. The van der Waals surface area contributed by atoms with E-state index in [1.807, 2.05) is 0 Å². The summed E-state index contributed by atoms with van der Waals surface area (Å²) in [5, 5.41) is -0.583. The number of rotatable bonds is 2. The minimum Gasteiger partial charge on any atom is -0.467 e. The van der Waals surface area contributed by atoms with Crippen LogP contribution in [0.15, 0.2) is 0 Å². The molecule has 0 spiro atoms. The summed E-state index contributed by atoms with van der Waals surface area (Å²) >= 11 is 5.68. The molecule has 0 radical (unpaired) electrons. The first-order valence-electron chi connectivity index (χ1n) is 4.60. The van der Waals surface area contributed by atoms with Crippen LogP contribution < -0.4 is 0 Å². The third-order valence-corrected chi connectivity index (χ3v) is 2.54. The van der Waals surface area contributed by atoms with Gasteiger partial charge in [0.1, 0.15) is 11.4 Å². The van der Waals surface area contributed by atoms with Gasteiger partial charge in [-0.05, 0) is 19.8 Å². The lowest BCUT2D eigenvalue weighted by Gasteiger charge is -2.23. The number of ether oxygens (including phenoxy) is 1. The first-order chi connectivity index (χ1) is 6.57. The van der Waals surface area contributed by atoms with Crippen molar-refractivity contribution in [3.8, 4) is 0 Å². The van der Waals surface area contributed by atoms with E-state index in [0.29, 0.717) is 13.0 Å². The molecule has 80 valence electrons. The number of hydrogen-bond acceptors (Lipinski definition) is 3. The maximum atomic E-state index is 11.6. The summed E-state index contributed by atoms with van der Waals surface area (Å²) < 4.78 is 4.62. The van der Waals surface area contributed by atoms with E-state index in [0.717, 1.165) is 6.42 Å². The first kappa shape index (κ1) is 11.3. The Morgan fingerprint density at radius 3 is 2.71 bits per heavy atom. The van der Waals surface area contributed by atoms with Crippen LogP contribution in [0.3, 0.4) is 0 Å². The Kier molecular flexibility index (Phi) is 3.75. The van der Waals surface area contributed by atoms with E-state index in [-0.39, 0.29) is 11.9 Å². The summed E-state index contributed by atoms with van der Waals surface area (Å²) in [4.78, 5) is 24.4. The van der Waals surface area contributed by atoms with Gasteiger partial charge in [-0.25, -0.2) is 4.79 Å². The third kappa shape index (κ3) is 2.18. The number of nitrogens with zero attached hydrogens (tertiary/aromatic N) is 1. The molecule has 14 heavy (non-hydrogen) atoms. The minimum atomic E-state index is -0.583. The molecule has 1 aliphatic heterocycles. The van der Waals surface area contributed by atoms with Crippen molar-refractivity contribution in [3.05, 3.63) is 0 Å². The predicted octanol–water partition coefficient (Wildman–Crippen LogP) is 0.778. The predicted molar refractivity (Wildman–Crippen MR) is 52.1 cm³/mol. The average Bonchev–Trinajstić information content (AvgIpc) is 2.63. The number of carbonyl (C=O) groups excluding carboxylic acids is 2. The van der Waals surface area contributed by atoms with Crippen LogP contribution in [0, 0.1) is 0 Å². The Morgan fingerprint density at radius 1 is 1.57 bits per heavy atom. The van der Waals surface area contributed by atoms with Gasteiger partial charge in [-0.15, -0.1) is 11.6 Å². The fourth-order valence-electron chi connectivity index (χ4n) is 1.64. The molecule has 0 N–H and O–H groups in total. The van der Waals surface area contributed by atoms with Crippen LogP contribution in [0.2, 0.25) is 0 Å². The lowest BCUT2D eigenvalue weighted by Crippen LogP contribution is -2.43. The molecule has 1 rings (SSSR count). The molecule has 1 fully saturated rings. The van der Waals surface area contributed by atoms with Crippen LogP contribution in [0.1, 0.15) is 19.8 Å². The molecule has 0 aromatic heterocycles. The Hall–Kier alpha value is -0.770. The number of amides is 1. The van der Waals surface area contributed by atoms with Crippen molar-refractivity contribution in [2.45, 2.75) is 31.2 Å². The zero-order valence-electron chi connectivity index (χ0n) is 8.33. The van der Waals surface area contributed by atoms with Crippen LogP contribution in [0.5, 0.6) is 0 Å². The van der Waals surface area contributed by atoms with E-state index in [4.69, 9.17) is 11.6 Å². The number of carbonyl (C=O) groups is 2. The molecule has 0 unspecified atom stereocenters. The zero-order chi connectivity index (χ0) is 10.7. The number of hydrogen-bond donors (Lipinski definition) is 0. The molecule has 0 aromatic carbocycles. The average molecular weight is 220 g/mol. The molecular weight excluding hydrogens is 206 g/mol. The fraction of sp³-hybridized carbons (Fsp3) is 0.778. The van der Waals surface area contributed by atoms with Gasteiger partial charge in [0.15, 0.2) is 0 Å². The van der Waals surface area contributed by atoms with E-state index >= 15 is 0 Å². The van der Waals surface area contributed by atoms with Gasteiger partial charge < -0.3 is 9.64 Å². The molecular formula is C9H14ClNO3. The Morgan fingerprint density at radius 2 is 2.21 bits per heavy atom. The number of halogens is 1. The van der Waals surface area contributed by atoms with Crippen molar-refractivity contribution in [1.82, 2.24) is 4.90 Å². The molecule has 1 amide bonds. The maximum absolute atomic E-state index is 11.6. The number of methoxy groups -OCH3 is 1. The molecule has 0 aromatic rings. The molecule has 0 saturated carbocycles. The highest BCUT2D eigenvalue weighted by molar-refractivity contribution is 6.30. The standard InChI is InChI=1S/C9H14ClNO3/c1-6(10)8(12)11-5-3-4-7(11)9(13)14-2/h6-7H,3-5H2,1-2H3/t6-,7-/m0/s1. The largest absolute Gasteiger partial charge is 0.467 e. The van der Waals surface area contributed by atoms with Gasteiger partial charge >= 0.3 is 5.97 Å². The van der Waals surface area contributed by atoms with Gasteiger partial charge in [-0.3, -0.25) is 4.79 Å². The highest BCUT2D eigenvalue weighted by Crippen LogP contribution is 2.20. The molecule has 1 aliphatic rings. The van der Waals surface area contributed by atoms with Gasteiger partial charge in [-0.1, -0.05) is 0 Å². The zero-order valence-corrected chi connectivity index (χ0v) is 9.08. The molecule has 0 aliphatic carbocycles. The minimum absolute atomic E-state index is 0.195. The van der Waals surface area contributed by atoms with Crippen LogP contribution in [-0.2, 0) is 14.3 Å². The van der Waals surface area contributed by atoms with Gasteiger partial charge in [0.25, 0.3) is 0 Å². The van der Waals surface area contributed by atoms with E-state index in [1.54, 1.807) is 6.92 Å². The molecule has 1 saturated heterocycles. The smallest absolute Gasteiger partial charge is 0.328 e. The summed E-state index contributed by atoms with van der Waals surface area (Å²) in [6.07, 6.45) is 1.50. The quantitative estimate of drug-likeness (QED) is 0.509. The molecule has 5 heteroatoms. The molecule has 1 heterocycles. The van der Waals surface area contributed by atoms with Gasteiger partial charge in [0, 0.05) is 6.54 Å². The molecule has 2 atom stereocenters. The van der Waals surface area contributed by atoms with Crippen LogP contribution in [0.25, 0.3) is 0 Å². The van der Waals surface area contributed by atoms with Gasteiger partial charge in [0.05, 0.1) is 7.11 Å². The van der Waals surface area contributed by atoms with Crippen molar-refractivity contribution in [3.63, 3.8) is 0 Å². The Bertz CT molecular complexity index is 242. The normalized spacial score (nSPS) is 23.4. The number of likely N-dealkylation sites (tertiary alicyclic amines) is 1. The summed E-state index contributed by atoms with van der Waals surface area (Å²) in [6.45, 7) is 2.20. The van der Waals surface area contributed by atoms with Crippen LogP contribution in [-0.4, -0.2) is 41.8 Å². The Balaban J connectivity index is 2.68. The van der Waals surface area contributed by atoms with Crippen molar-refractivity contribution in [2.75, 3.05) is 13.7 Å². The second-order valence-corrected chi connectivity index (χ2v) is 3.98. The second-order valence-electron chi connectivity index (χ2n) is 3.33. The monoisotopic (exact) mass is 219 g/mol. The first-order valence-corrected chi connectivity index (χ1v) is 5.04. The van der Waals surface area contributed by atoms with E-state index in [9.17, 15) is 9.59 Å². The van der Waals surface area contributed by atoms with Crippen molar-refractivity contribution < 1.29 is 14.3 Å². The highest BCUT2D eigenvalue weighted by Gasteiger charge is 2.35. The molecule has 4 nitrogen and oxygen atoms in total. The van der Waals surface area contributed by atoms with Crippen LogP contribution >= 0.6 is 11.6 Å². The Labute approximate surface area is 88.2 Å². The second kappa shape index (κ2) is 4.64. The van der Waals surface area contributed by atoms with Gasteiger partial charge in [-0.2, -0.15) is 0 Å². The summed E-state index contributed by atoms with van der Waals surface area (Å²) in [6, 6.07) is -0.436. The van der Waals surface area contributed by atoms with Crippen molar-refractivity contribution in [1.29, 1.82) is 0 Å². The van der Waals surface area contributed by atoms with E-state index < -0.39 is 11.4 Å².